The lowest BCUT2D eigenvalue weighted by molar-refractivity contribution is 0.674. The van der Waals surface area contributed by atoms with Crippen LogP contribution in [0.25, 0.3) is 0 Å². The Bertz CT molecular complexity index is 630. The predicted molar refractivity (Wildman–Crippen MR) is 82.5 cm³/mol. The van der Waals surface area contributed by atoms with Crippen molar-refractivity contribution >= 4 is 34.0 Å². The number of aromatic amines is 1. The zero-order valence-corrected chi connectivity index (χ0v) is 13.5. The Morgan fingerprint density at radius 2 is 2.10 bits per heavy atom. The Hall–Kier alpha value is -0.910. The first kappa shape index (κ1) is 15.5. The van der Waals surface area contributed by atoms with Crippen LogP contribution in [0.2, 0.25) is 10.0 Å². The molecule has 1 aromatic carbocycles. The van der Waals surface area contributed by atoms with Crippen molar-refractivity contribution in [3.63, 3.8) is 0 Å². The summed E-state index contributed by atoms with van der Waals surface area (Å²) >= 11 is 11.9. The molecule has 4 nitrogen and oxygen atoms in total. The molecule has 0 spiro atoms. The number of nitrogens with one attached hydrogen (secondary N) is 1. The lowest BCUT2D eigenvalue weighted by Crippen LogP contribution is -2.06. The van der Waals surface area contributed by atoms with Crippen LogP contribution in [0.3, 0.4) is 0 Å². The number of hydrogen-bond donors (Lipinski definition) is 1. The van der Waals surface area contributed by atoms with Crippen LogP contribution in [0.5, 0.6) is 0 Å². The number of aromatic nitrogens is 3. The fourth-order valence-corrected chi connectivity index (χ4v) is 3.14. The van der Waals surface area contributed by atoms with Crippen LogP contribution in [0.1, 0.15) is 36.3 Å². The predicted octanol–water partition coefficient (Wildman–Crippen LogP) is 3.68. The van der Waals surface area contributed by atoms with E-state index in [-0.39, 0.29) is 5.25 Å². The quantitative estimate of drug-likeness (QED) is 0.908. The molecule has 0 unspecified atom stereocenters. The highest BCUT2D eigenvalue weighted by Gasteiger charge is 2.17. The Kier molecular flexibility index (Phi) is 5.18. The number of halogens is 2. The number of aryl methyl sites for hydroxylation is 1. The third kappa shape index (κ3) is 3.59. The molecule has 0 radical (unpaired) electrons. The van der Waals surface area contributed by atoms with E-state index in [0.29, 0.717) is 21.6 Å². The van der Waals surface area contributed by atoms with Crippen LogP contribution < -0.4 is 0 Å². The molecule has 0 aliphatic rings. The van der Waals surface area contributed by atoms with Crippen molar-refractivity contribution in [1.82, 2.24) is 15.2 Å². The summed E-state index contributed by atoms with van der Waals surface area (Å²) < 4.78 is 12.4. The largest absolute Gasteiger partial charge is 0.262 e. The van der Waals surface area contributed by atoms with Crippen LogP contribution >= 0.6 is 23.2 Å². The highest BCUT2D eigenvalue weighted by molar-refractivity contribution is 7.84. The van der Waals surface area contributed by atoms with Gasteiger partial charge in [-0.15, -0.1) is 0 Å². The molecule has 2 aromatic rings. The van der Waals surface area contributed by atoms with Crippen LogP contribution in [0, 0.1) is 0 Å². The van der Waals surface area contributed by atoms with Gasteiger partial charge in [-0.1, -0.05) is 36.2 Å². The SMILES string of the molecule is CCc1n[nH]c(C[S@](=O)[C@@H](C)c2ccc(Cl)c(Cl)c2)n1. The molecule has 1 aromatic heterocycles. The fraction of sp³-hybridized carbons (Fsp3) is 0.385. The minimum atomic E-state index is -1.11. The summed E-state index contributed by atoms with van der Waals surface area (Å²) in [6.45, 7) is 3.87. The van der Waals surface area contributed by atoms with Gasteiger partial charge >= 0.3 is 0 Å². The summed E-state index contributed by atoms with van der Waals surface area (Å²) in [6, 6.07) is 5.31. The molecule has 0 aliphatic heterocycles. The van der Waals surface area contributed by atoms with E-state index in [1.807, 2.05) is 19.9 Å². The van der Waals surface area contributed by atoms with Crippen molar-refractivity contribution in [1.29, 1.82) is 0 Å². The standard InChI is InChI=1S/C13H15Cl2N3OS/c1-3-12-16-13(18-17-12)7-20(19)8(2)9-4-5-10(14)11(15)6-9/h4-6,8H,3,7H2,1-2H3,(H,16,17,18)/t8-,20-/m0/s1. The second-order valence-corrected chi connectivity index (χ2v) is 6.96. The topological polar surface area (TPSA) is 58.6 Å². The molecule has 2 atom stereocenters. The van der Waals surface area contributed by atoms with Gasteiger partial charge < -0.3 is 0 Å². The molecule has 0 saturated carbocycles. The fourth-order valence-electron chi connectivity index (χ4n) is 1.73. The van der Waals surface area contributed by atoms with Gasteiger partial charge in [0, 0.05) is 17.2 Å². The molecule has 0 saturated heterocycles. The number of benzene rings is 1. The van der Waals surface area contributed by atoms with Crippen molar-refractivity contribution in [2.45, 2.75) is 31.3 Å². The summed E-state index contributed by atoms with van der Waals surface area (Å²) in [5.74, 6) is 1.72. The monoisotopic (exact) mass is 331 g/mol. The van der Waals surface area contributed by atoms with Crippen LogP contribution in [0.15, 0.2) is 18.2 Å². The maximum atomic E-state index is 12.4. The lowest BCUT2D eigenvalue weighted by atomic mass is 10.2. The molecule has 0 aliphatic carbocycles. The molecule has 0 fully saturated rings. The smallest absolute Gasteiger partial charge is 0.150 e. The molecule has 7 heteroatoms. The number of nitrogens with zero attached hydrogens (tertiary/aromatic N) is 2. The molecule has 1 heterocycles. The van der Waals surface area contributed by atoms with Gasteiger partial charge in [-0.05, 0) is 24.6 Å². The zero-order valence-electron chi connectivity index (χ0n) is 11.2. The minimum Gasteiger partial charge on any atom is -0.262 e. The van der Waals surface area contributed by atoms with Crippen molar-refractivity contribution in [3.05, 3.63) is 45.5 Å². The highest BCUT2D eigenvalue weighted by atomic mass is 35.5. The Morgan fingerprint density at radius 1 is 1.35 bits per heavy atom. The Labute approximate surface area is 130 Å². The van der Waals surface area contributed by atoms with Crippen LogP contribution in [0.4, 0.5) is 0 Å². The zero-order chi connectivity index (χ0) is 14.7. The Balaban J connectivity index is 2.09. The van der Waals surface area contributed by atoms with E-state index < -0.39 is 10.8 Å². The van der Waals surface area contributed by atoms with Gasteiger partial charge in [0.1, 0.15) is 11.6 Å². The number of hydrogen-bond acceptors (Lipinski definition) is 3. The van der Waals surface area contributed by atoms with Gasteiger partial charge in [-0.3, -0.25) is 9.31 Å². The average Bonchev–Trinajstić information content (AvgIpc) is 2.88. The highest BCUT2D eigenvalue weighted by Crippen LogP contribution is 2.28. The van der Waals surface area contributed by atoms with Crippen molar-refractivity contribution < 1.29 is 4.21 Å². The third-order valence-electron chi connectivity index (χ3n) is 2.98. The molecule has 1 N–H and O–H groups in total. The first-order valence-electron chi connectivity index (χ1n) is 6.23. The normalized spacial score (nSPS) is 14.2. The summed E-state index contributed by atoms with van der Waals surface area (Å²) in [7, 11) is -1.11. The van der Waals surface area contributed by atoms with Crippen molar-refractivity contribution in [3.8, 4) is 0 Å². The summed E-state index contributed by atoms with van der Waals surface area (Å²) in [4.78, 5) is 4.27. The maximum Gasteiger partial charge on any atom is 0.150 e. The van der Waals surface area contributed by atoms with Crippen LogP contribution in [-0.2, 0) is 23.0 Å². The average molecular weight is 332 g/mol. The molecule has 20 heavy (non-hydrogen) atoms. The maximum absolute atomic E-state index is 12.4. The van der Waals surface area contributed by atoms with E-state index in [0.717, 1.165) is 17.8 Å². The second-order valence-electron chi connectivity index (χ2n) is 4.39. The van der Waals surface area contributed by atoms with E-state index >= 15 is 0 Å². The summed E-state index contributed by atoms with van der Waals surface area (Å²) in [5.41, 5.74) is 0.896. The second kappa shape index (κ2) is 6.70. The van der Waals surface area contributed by atoms with Gasteiger partial charge in [-0.25, -0.2) is 4.98 Å². The van der Waals surface area contributed by atoms with Gasteiger partial charge in [0.2, 0.25) is 0 Å². The molecule has 2 rings (SSSR count). The first-order valence-corrected chi connectivity index (χ1v) is 8.37. The molecular formula is C13H15Cl2N3OS. The van der Waals surface area contributed by atoms with Gasteiger partial charge in [0.25, 0.3) is 0 Å². The van der Waals surface area contributed by atoms with E-state index in [9.17, 15) is 4.21 Å². The van der Waals surface area contributed by atoms with E-state index in [2.05, 4.69) is 15.2 Å². The first-order chi connectivity index (χ1) is 9.51. The minimum absolute atomic E-state index is 0.153. The molecule has 0 bridgehead atoms. The van der Waals surface area contributed by atoms with E-state index in [1.165, 1.54) is 0 Å². The van der Waals surface area contributed by atoms with Gasteiger partial charge in [0.05, 0.1) is 21.0 Å². The van der Waals surface area contributed by atoms with Gasteiger partial charge in [0.15, 0.2) is 0 Å². The summed E-state index contributed by atoms with van der Waals surface area (Å²) in [6.07, 6.45) is 0.755. The van der Waals surface area contributed by atoms with E-state index in [1.54, 1.807) is 12.1 Å². The van der Waals surface area contributed by atoms with Crippen LogP contribution in [-0.4, -0.2) is 19.4 Å². The lowest BCUT2D eigenvalue weighted by Gasteiger charge is -2.11. The van der Waals surface area contributed by atoms with Crippen molar-refractivity contribution in [2.75, 3.05) is 0 Å². The Morgan fingerprint density at radius 3 is 2.70 bits per heavy atom. The van der Waals surface area contributed by atoms with Crippen molar-refractivity contribution in [2.24, 2.45) is 0 Å². The number of H-pyrrole nitrogens is 1. The number of rotatable bonds is 5. The van der Waals surface area contributed by atoms with Gasteiger partial charge in [-0.2, -0.15) is 5.10 Å². The van der Waals surface area contributed by atoms with E-state index in [4.69, 9.17) is 23.2 Å². The third-order valence-corrected chi connectivity index (χ3v) is 5.34. The molecular weight excluding hydrogens is 317 g/mol. The summed E-state index contributed by atoms with van der Waals surface area (Å²) in [5, 5.41) is 7.67. The molecule has 108 valence electrons. The molecule has 0 amide bonds.